The second-order valence-corrected chi connectivity index (χ2v) is 8.85. The van der Waals surface area contributed by atoms with Crippen molar-refractivity contribution in [3.05, 3.63) is 95.3 Å². The predicted octanol–water partition coefficient (Wildman–Crippen LogP) is 3.92. The normalized spacial score (nSPS) is 17.4. The van der Waals surface area contributed by atoms with Crippen molar-refractivity contribution in [2.24, 2.45) is 0 Å². The second kappa shape index (κ2) is 7.25. The monoisotopic (exact) mass is 378 g/mol. The van der Waals surface area contributed by atoms with Crippen molar-refractivity contribution in [2.75, 3.05) is 6.54 Å². The summed E-state index contributed by atoms with van der Waals surface area (Å²) < 4.78 is 28.6. The Hall–Kier alpha value is -2.50. The van der Waals surface area contributed by atoms with E-state index in [0.29, 0.717) is 17.9 Å². The molecule has 1 atom stereocenters. The van der Waals surface area contributed by atoms with Gasteiger partial charge in [0.15, 0.2) is 0 Å². The number of aromatic nitrogens is 1. The van der Waals surface area contributed by atoms with Crippen molar-refractivity contribution in [1.82, 2.24) is 9.29 Å². The predicted molar refractivity (Wildman–Crippen MR) is 106 cm³/mol. The van der Waals surface area contributed by atoms with Gasteiger partial charge in [-0.15, -0.1) is 0 Å². The quantitative estimate of drug-likeness (QED) is 0.691. The fraction of sp³-hybridized carbons (Fsp3) is 0.227. The van der Waals surface area contributed by atoms with E-state index in [1.807, 2.05) is 37.3 Å². The van der Waals surface area contributed by atoms with E-state index in [0.717, 1.165) is 23.1 Å². The molecule has 0 bridgehead atoms. The molecule has 0 N–H and O–H groups in total. The number of benzene rings is 2. The molecule has 0 amide bonds. The average Bonchev–Trinajstić information content (AvgIpc) is 2.69. The SMILES string of the molecule is Cc1cccc(S(=O)(=O)N2CCc3ccccc3C2Cc2ccncc2)c1. The number of aryl methyl sites for hydroxylation is 1. The number of sulfonamides is 1. The molecule has 4 rings (SSSR count). The minimum absolute atomic E-state index is 0.220. The molecule has 2 aromatic carbocycles. The Kier molecular flexibility index (Phi) is 4.81. The number of fused-ring (bicyclic) bond motifs is 1. The zero-order chi connectivity index (χ0) is 18.9. The Morgan fingerprint density at radius 1 is 1.04 bits per heavy atom. The van der Waals surface area contributed by atoms with Gasteiger partial charge in [-0.1, -0.05) is 36.4 Å². The topological polar surface area (TPSA) is 50.3 Å². The number of hydrogen-bond acceptors (Lipinski definition) is 3. The fourth-order valence-corrected chi connectivity index (χ4v) is 5.49. The van der Waals surface area contributed by atoms with E-state index in [4.69, 9.17) is 0 Å². The van der Waals surface area contributed by atoms with Crippen molar-refractivity contribution in [2.45, 2.75) is 30.7 Å². The van der Waals surface area contributed by atoms with Crippen molar-refractivity contribution < 1.29 is 8.42 Å². The highest BCUT2D eigenvalue weighted by Gasteiger charge is 2.36. The van der Waals surface area contributed by atoms with Gasteiger partial charge in [0.1, 0.15) is 0 Å². The largest absolute Gasteiger partial charge is 0.265 e. The Balaban J connectivity index is 1.79. The summed E-state index contributed by atoms with van der Waals surface area (Å²) in [7, 11) is -3.58. The number of hydrogen-bond donors (Lipinski definition) is 0. The standard InChI is InChI=1S/C22H22N2O2S/c1-17-5-4-7-20(15-17)27(25,26)24-14-11-19-6-2-3-8-21(19)22(24)16-18-9-12-23-13-10-18/h2-10,12-13,15,22H,11,14,16H2,1H3. The first-order valence-corrected chi connectivity index (χ1v) is 10.5. The van der Waals surface area contributed by atoms with Crippen LogP contribution in [0.1, 0.15) is 28.3 Å². The van der Waals surface area contributed by atoms with Crippen LogP contribution in [0.15, 0.2) is 78.0 Å². The lowest BCUT2D eigenvalue weighted by Crippen LogP contribution is -2.41. The van der Waals surface area contributed by atoms with Crippen LogP contribution in [0.3, 0.4) is 0 Å². The van der Waals surface area contributed by atoms with E-state index in [1.165, 1.54) is 5.56 Å². The van der Waals surface area contributed by atoms with E-state index in [1.54, 1.807) is 34.9 Å². The molecule has 0 spiro atoms. The third kappa shape index (κ3) is 3.53. The Bertz CT molecular complexity index is 1050. The summed E-state index contributed by atoms with van der Waals surface area (Å²) in [4.78, 5) is 4.44. The lowest BCUT2D eigenvalue weighted by Gasteiger charge is -2.36. The third-order valence-electron chi connectivity index (χ3n) is 5.14. The van der Waals surface area contributed by atoms with Gasteiger partial charge in [-0.25, -0.2) is 8.42 Å². The van der Waals surface area contributed by atoms with Crippen LogP contribution in [0.4, 0.5) is 0 Å². The van der Waals surface area contributed by atoms with Crippen molar-refractivity contribution in [3.8, 4) is 0 Å². The van der Waals surface area contributed by atoms with Crippen LogP contribution in [0.25, 0.3) is 0 Å². The van der Waals surface area contributed by atoms with Crippen LogP contribution in [0.5, 0.6) is 0 Å². The van der Waals surface area contributed by atoms with Crippen LogP contribution >= 0.6 is 0 Å². The molecule has 1 aliphatic rings. The first-order chi connectivity index (χ1) is 13.1. The van der Waals surface area contributed by atoms with Gasteiger partial charge in [0, 0.05) is 18.9 Å². The summed E-state index contributed by atoms with van der Waals surface area (Å²) in [5, 5.41) is 0. The minimum Gasteiger partial charge on any atom is -0.265 e. The summed E-state index contributed by atoms with van der Waals surface area (Å²) in [6.45, 7) is 2.40. The van der Waals surface area contributed by atoms with Crippen LogP contribution in [-0.2, 0) is 22.9 Å². The van der Waals surface area contributed by atoms with Crippen LogP contribution in [-0.4, -0.2) is 24.3 Å². The van der Waals surface area contributed by atoms with Crippen molar-refractivity contribution in [3.63, 3.8) is 0 Å². The van der Waals surface area contributed by atoms with E-state index in [-0.39, 0.29) is 6.04 Å². The molecular formula is C22H22N2O2S. The minimum atomic E-state index is -3.58. The van der Waals surface area contributed by atoms with Crippen LogP contribution in [0, 0.1) is 6.92 Å². The smallest absolute Gasteiger partial charge is 0.243 e. The molecule has 3 aromatic rings. The molecule has 27 heavy (non-hydrogen) atoms. The fourth-order valence-electron chi connectivity index (χ4n) is 3.78. The zero-order valence-corrected chi connectivity index (χ0v) is 16.1. The molecule has 1 unspecified atom stereocenters. The lowest BCUT2D eigenvalue weighted by molar-refractivity contribution is 0.306. The molecular weight excluding hydrogens is 356 g/mol. The Morgan fingerprint density at radius 3 is 2.59 bits per heavy atom. The maximum absolute atomic E-state index is 13.5. The van der Waals surface area contributed by atoms with E-state index >= 15 is 0 Å². The van der Waals surface area contributed by atoms with Crippen molar-refractivity contribution >= 4 is 10.0 Å². The average molecular weight is 378 g/mol. The summed E-state index contributed by atoms with van der Waals surface area (Å²) in [5.41, 5.74) is 4.35. The van der Waals surface area contributed by atoms with Crippen LogP contribution < -0.4 is 0 Å². The molecule has 2 heterocycles. The van der Waals surface area contributed by atoms with Gasteiger partial charge in [-0.3, -0.25) is 4.98 Å². The van der Waals surface area contributed by atoms with E-state index < -0.39 is 10.0 Å². The summed E-state index contributed by atoms with van der Waals surface area (Å²) in [5.74, 6) is 0. The lowest BCUT2D eigenvalue weighted by atomic mass is 9.90. The van der Waals surface area contributed by atoms with Gasteiger partial charge >= 0.3 is 0 Å². The maximum Gasteiger partial charge on any atom is 0.243 e. The zero-order valence-electron chi connectivity index (χ0n) is 15.2. The van der Waals surface area contributed by atoms with Crippen molar-refractivity contribution in [1.29, 1.82) is 0 Å². The van der Waals surface area contributed by atoms with Gasteiger partial charge < -0.3 is 0 Å². The van der Waals surface area contributed by atoms with Gasteiger partial charge in [0.05, 0.1) is 10.9 Å². The molecule has 5 heteroatoms. The van der Waals surface area contributed by atoms with E-state index in [9.17, 15) is 8.42 Å². The third-order valence-corrected chi connectivity index (χ3v) is 7.04. The van der Waals surface area contributed by atoms with E-state index in [2.05, 4.69) is 17.1 Å². The molecule has 1 aliphatic heterocycles. The second-order valence-electron chi connectivity index (χ2n) is 6.96. The highest BCUT2D eigenvalue weighted by molar-refractivity contribution is 7.89. The first kappa shape index (κ1) is 17.9. The van der Waals surface area contributed by atoms with Gasteiger partial charge in [0.25, 0.3) is 0 Å². The van der Waals surface area contributed by atoms with Gasteiger partial charge in [-0.05, 0) is 66.3 Å². The summed E-state index contributed by atoms with van der Waals surface area (Å²) in [6, 6.07) is 19.0. The number of nitrogens with zero attached hydrogens (tertiary/aromatic N) is 2. The summed E-state index contributed by atoms with van der Waals surface area (Å²) >= 11 is 0. The molecule has 0 saturated heterocycles. The molecule has 4 nitrogen and oxygen atoms in total. The molecule has 0 saturated carbocycles. The number of pyridine rings is 1. The molecule has 0 radical (unpaired) electrons. The first-order valence-electron chi connectivity index (χ1n) is 9.11. The molecule has 0 aliphatic carbocycles. The maximum atomic E-state index is 13.5. The Labute approximate surface area is 160 Å². The molecule has 138 valence electrons. The summed E-state index contributed by atoms with van der Waals surface area (Å²) in [6.07, 6.45) is 4.87. The van der Waals surface area contributed by atoms with Gasteiger partial charge in [0.2, 0.25) is 10.0 Å². The van der Waals surface area contributed by atoms with Gasteiger partial charge in [-0.2, -0.15) is 4.31 Å². The Morgan fingerprint density at radius 2 is 1.81 bits per heavy atom. The highest BCUT2D eigenvalue weighted by atomic mass is 32.2. The highest BCUT2D eigenvalue weighted by Crippen LogP contribution is 2.36. The number of rotatable bonds is 4. The van der Waals surface area contributed by atoms with Crippen LogP contribution in [0.2, 0.25) is 0 Å². The molecule has 0 fully saturated rings. The molecule has 1 aromatic heterocycles.